The predicted octanol–water partition coefficient (Wildman–Crippen LogP) is 0.739. The molecule has 0 bridgehead atoms. The molecule has 0 saturated heterocycles. The van der Waals surface area contributed by atoms with Gasteiger partial charge in [0, 0.05) is 6.04 Å². The van der Waals surface area contributed by atoms with Gasteiger partial charge in [-0.25, -0.2) is 17.9 Å². The van der Waals surface area contributed by atoms with Gasteiger partial charge in [0.1, 0.15) is 4.90 Å². The Balaban J connectivity index is 3.21. The van der Waals surface area contributed by atoms with Gasteiger partial charge < -0.3 is 5.11 Å². The largest absolute Gasteiger partial charge is 0.476 e. The summed E-state index contributed by atoms with van der Waals surface area (Å²) < 4.78 is 26.7. The van der Waals surface area contributed by atoms with Gasteiger partial charge in [-0.3, -0.25) is 5.10 Å². The molecule has 1 rings (SSSR count). The monoisotopic (exact) mass is 275 g/mol. The summed E-state index contributed by atoms with van der Waals surface area (Å²) >= 11 is 0. The maximum Gasteiger partial charge on any atom is 0.357 e. The van der Waals surface area contributed by atoms with Crippen LogP contribution in [0.2, 0.25) is 0 Å². The smallest absolute Gasteiger partial charge is 0.357 e. The van der Waals surface area contributed by atoms with E-state index in [0.29, 0.717) is 0 Å². The molecule has 7 nitrogen and oxygen atoms in total. The van der Waals surface area contributed by atoms with E-state index in [1.54, 1.807) is 6.92 Å². The molecule has 0 aliphatic rings. The van der Waals surface area contributed by atoms with Crippen LogP contribution in [0.1, 0.15) is 37.0 Å². The van der Waals surface area contributed by atoms with Crippen molar-refractivity contribution in [2.45, 2.75) is 38.6 Å². The number of aromatic amines is 1. The first-order valence-corrected chi connectivity index (χ1v) is 6.95. The van der Waals surface area contributed by atoms with Crippen molar-refractivity contribution in [3.63, 3.8) is 0 Å². The van der Waals surface area contributed by atoms with Crippen molar-refractivity contribution in [3.8, 4) is 0 Å². The number of hydrogen-bond donors (Lipinski definition) is 3. The summed E-state index contributed by atoms with van der Waals surface area (Å²) in [6.07, 6.45) is 0. The zero-order chi connectivity index (χ0) is 14.1. The van der Waals surface area contributed by atoms with Crippen LogP contribution < -0.4 is 4.72 Å². The molecule has 1 aromatic heterocycles. The normalized spacial score (nSPS) is 13.8. The highest BCUT2D eigenvalue weighted by atomic mass is 32.2. The van der Waals surface area contributed by atoms with Crippen LogP contribution in [0.5, 0.6) is 0 Å². The van der Waals surface area contributed by atoms with Gasteiger partial charge in [0.15, 0.2) is 5.69 Å². The molecule has 0 fully saturated rings. The lowest BCUT2D eigenvalue weighted by atomic mass is 10.1. The summed E-state index contributed by atoms with van der Waals surface area (Å²) in [6, 6.07) is -0.300. The minimum absolute atomic E-state index is 0.0975. The number of H-pyrrole nitrogens is 1. The Morgan fingerprint density at radius 3 is 2.39 bits per heavy atom. The Morgan fingerprint density at radius 1 is 1.39 bits per heavy atom. The summed E-state index contributed by atoms with van der Waals surface area (Å²) in [6.45, 7) is 6.92. The van der Waals surface area contributed by atoms with Gasteiger partial charge in [-0.05, 0) is 19.8 Å². The van der Waals surface area contributed by atoms with Gasteiger partial charge in [0.25, 0.3) is 0 Å². The van der Waals surface area contributed by atoms with E-state index in [-0.39, 0.29) is 22.5 Å². The Bertz CT molecular complexity index is 547. The Kier molecular flexibility index (Phi) is 4.12. The second-order valence-electron chi connectivity index (χ2n) is 4.49. The lowest BCUT2D eigenvalue weighted by Crippen LogP contribution is -2.36. The fourth-order valence-corrected chi connectivity index (χ4v) is 3.05. The molecule has 102 valence electrons. The molecule has 0 aliphatic heterocycles. The predicted molar refractivity (Wildman–Crippen MR) is 64.9 cm³/mol. The average Bonchev–Trinajstić information content (AvgIpc) is 2.59. The molecule has 3 N–H and O–H groups in total. The highest BCUT2D eigenvalue weighted by Crippen LogP contribution is 2.18. The summed E-state index contributed by atoms with van der Waals surface area (Å²) in [5, 5.41) is 14.8. The van der Waals surface area contributed by atoms with Crippen molar-refractivity contribution in [3.05, 3.63) is 11.4 Å². The first-order valence-electron chi connectivity index (χ1n) is 5.47. The highest BCUT2D eigenvalue weighted by Gasteiger charge is 2.29. The number of sulfonamides is 1. The van der Waals surface area contributed by atoms with Crippen molar-refractivity contribution in [2.75, 3.05) is 0 Å². The van der Waals surface area contributed by atoms with Crippen LogP contribution >= 0.6 is 0 Å². The number of carbonyl (C=O) groups is 1. The molecule has 0 radical (unpaired) electrons. The summed E-state index contributed by atoms with van der Waals surface area (Å²) in [5.74, 6) is -1.28. The van der Waals surface area contributed by atoms with Gasteiger partial charge in [0.2, 0.25) is 10.0 Å². The standard InChI is InChI=1S/C10H17N3O4S/c1-5(2)6(3)13-18(16,17)9-7(4)11-12-8(9)10(14)15/h5-6,13H,1-4H3,(H,11,12)(H,14,15). The molecule has 1 heterocycles. The van der Waals surface area contributed by atoms with Crippen LogP contribution in [0.25, 0.3) is 0 Å². The maximum absolute atomic E-state index is 12.1. The molecule has 8 heteroatoms. The molecule has 0 amide bonds. The number of hydrogen-bond acceptors (Lipinski definition) is 4. The van der Waals surface area contributed by atoms with Gasteiger partial charge in [-0.2, -0.15) is 5.10 Å². The molecule has 0 aromatic carbocycles. The maximum atomic E-state index is 12.1. The van der Waals surface area contributed by atoms with Crippen molar-refractivity contribution in [2.24, 2.45) is 5.92 Å². The molecule has 0 saturated carbocycles. The third-order valence-electron chi connectivity index (χ3n) is 2.70. The minimum Gasteiger partial charge on any atom is -0.476 e. The quantitative estimate of drug-likeness (QED) is 0.733. The van der Waals surface area contributed by atoms with Crippen molar-refractivity contribution in [1.29, 1.82) is 0 Å². The lowest BCUT2D eigenvalue weighted by molar-refractivity contribution is 0.0686. The SMILES string of the molecule is Cc1[nH]nc(C(=O)O)c1S(=O)(=O)NC(C)C(C)C. The second-order valence-corrected chi connectivity index (χ2v) is 6.14. The number of aromatic carboxylic acids is 1. The number of aryl methyl sites for hydroxylation is 1. The van der Waals surface area contributed by atoms with Gasteiger partial charge in [-0.1, -0.05) is 13.8 Å². The number of nitrogens with zero attached hydrogens (tertiary/aromatic N) is 1. The topological polar surface area (TPSA) is 112 Å². The van der Waals surface area contributed by atoms with Crippen LogP contribution in [0, 0.1) is 12.8 Å². The van der Waals surface area contributed by atoms with Crippen LogP contribution in [0.4, 0.5) is 0 Å². The number of carboxylic acid groups (broad SMARTS) is 1. The fraction of sp³-hybridized carbons (Fsp3) is 0.600. The lowest BCUT2D eigenvalue weighted by Gasteiger charge is -2.17. The highest BCUT2D eigenvalue weighted by molar-refractivity contribution is 7.89. The summed E-state index contributed by atoms with van der Waals surface area (Å²) in [4.78, 5) is 10.6. The van der Waals surface area contributed by atoms with E-state index in [2.05, 4.69) is 14.9 Å². The molecular formula is C10H17N3O4S. The Hall–Kier alpha value is -1.41. The van der Waals surface area contributed by atoms with Crippen molar-refractivity contribution >= 4 is 16.0 Å². The third-order valence-corrected chi connectivity index (χ3v) is 4.42. The van der Waals surface area contributed by atoms with Crippen molar-refractivity contribution < 1.29 is 18.3 Å². The molecule has 0 aliphatic carbocycles. The average molecular weight is 275 g/mol. The van der Waals surface area contributed by atoms with E-state index >= 15 is 0 Å². The molecular weight excluding hydrogens is 258 g/mol. The van der Waals surface area contributed by atoms with Crippen LogP contribution in [-0.4, -0.2) is 35.7 Å². The molecule has 0 spiro atoms. The van der Waals surface area contributed by atoms with E-state index in [9.17, 15) is 13.2 Å². The van der Waals surface area contributed by atoms with Crippen molar-refractivity contribution in [1.82, 2.24) is 14.9 Å². The van der Waals surface area contributed by atoms with E-state index in [4.69, 9.17) is 5.11 Å². The molecule has 1 atom stereocenters. The third kappa shape index (κ3) is 2.88. The molecule has 1 unspecified atom stereocenters. The first kappa shape index (κ1) is 14.7. The first-order chi connectivity index (χ1) is 8.16. The van der Waals surface area contributed by atoms with Gasteiger partial charge >= 0.3 is 5.97 Å². The summed E-state index contributed by atoms with van der Waals surface area (Å²) in [5.41, 5.74) is -0.285. The van der Waals surface area contributed by atoms with Crippen LogP contribution in [0.3, 0.4) is 0 Å². The Morgan fingerprint density at radius 2 is 1.94 bits per heavy atom. The second kappa shape index (κ2) is 5.07. The number of nitrogens with one attached hydrogen (secondary N) is 2. The zero-order valence-corrected chi connectivity index (χ0v) is 11.5. The van der Waals surface area contributed by atoms with E-state index in [0.717, 1.165) is 0 Å². The molecule has 18 heavy (non-hydrogen) atoms. The minimum atomic E-state index is -3.89. The Labute approximate surface area is 106 Å². The van der Waals surface area contributed by atoms with Crippen LogP contribution in [0.15, 0.2) is 4.90 Å². The van der Waals surface area contributed by atoms with E-state index in [1.165, 1.54) is 6.92 Å². The van der Waals surface area contributed by atoms with Gasteiger partial charge in [-0.15, -0.1) is 0 Å². The van der Waals surface area contributed by atoms with Crippen LogP contribution in [-0.2, 0) is 10.0 Å². The summed E-state index contributed by atoms with van der Waals surface area (Å²) in [7, 11) is -3.89. The fourth-order valence-electron chi connectivity index (χ4n) is 1.33. The number of rotatable bonds is 5. The zero-order valence-electron chi connectivity index (χ0n) is 10.7. The number of carboxylic acids is 1. The van der Waals surface area contributed by atoms with E-state index < -0.39 is 21.7 Å². The molecule has 1 aromatic rings. The van der Waals surface area contributed by atoms with Gasteiger partial charge in [0.05, 0.1) is 5.69 Å². The van der Waals surface area contributed by atoms with E-state index in [1.807, 2.05) is 13.8 Å². The number of aromatic nitrogens is 2.